The van der Waals surface area contributed by atoms with E-state index in [0.29, 0.717) is 24.8 Å². The van der Waals surface area contributed by atoms with E-state index in [-0.39, 0.29) is 23.7 Å². The summed E-state index contributed by atoms with van der Waals surface area (Å²) in [7, 11) is -3.75. The van der Waals surface area contributed by atoms with Gasteiger partial charge >= 0.3 is 0 Å². The Balaban J connectivity index is 2.81. The van der Waals surface area contributed by atoms with Crippen molar-refractivity contribution in [3.63, 3.8) is 0 Å². The lowest BCUT2D eigenvalue weighted by Gasteiger charge is -2.09. The predicted molar refractivity (Wildman–Crippen MR) is 74.0 cm³/mol. The van der Waals surface area contributed by atoms with Gasteiger partial charge in [0.05, 0.1) is 9.82 Å². The van der Waals surface area contributed by atoms with Crippen molar-refractivity contribution in [2.24, 2.45) is 0 Å². The van der Waals surface area contributed by atoms with Crippen LogP contribution in [-0.4, -0.2) is 31.6 Å². The molecule has 7 nitrogen and oxygen atoms in total. The minimum Gasteiger partial charge on any atom is -0.396 e. The van der Waals surface area contributed by atoms with E-state index in [1.54, 1.807) is 6.92 Å². The SMILES string of the molecule is Cc1ccc([N+](=O)[O-])cc1S(=O)(=O)NCCCCCO. The summed E-state index contributed by atoms with van der Waals surface area (Å²) in [5.74, 6) is 0. The van der Waals surface area contributed by atoms with Crippen molar-refractivity contribution >= 4 is 15.7 Å². The van der Waals surface area contributed by atoms with Gasteiger partial charge < -0.3 is 5.11 Å². The molecule has 0 aliphatic rings. The summed E-state index contributed by atoms with van der Waals surface area (Å²) >= 11 is 0. The second kappa shape index (κ2) is 7.32. The topological polar surface area (TPSA) is 110 Å². The van der Waals surface area contributed by atoms with Crippen LogP contribution in [0.4, 0.5) is 5.69 Å². The van der Waals surface area contributed by atoms with E-state index < -0.39 is 14.9 Å². The number of hydrogen-bond acceptors (Lipinski definition) is 5. The van der Waals surface area contributed by atoms with Crippen molar-refractivity contribution in [3.05, 3.63) is 33.9 Å². The average molecular weight is 302 g/mol. The zero-order valence-electron chi connectivity index (χ0n) is 11.2. The molecule has 0 aliphatic carbocycles. The third-order valence-electron chi connectivity index (χ3n) is 2.80. The number of aliphatic hydroxyl groups excluding tert-OH is 1. The molecular weight excluding hydrogens is 284 g/mol. The van der Waals surface area contributed by atoms with Crippen LogP contribution in [0.25, 0.3) is 0 Å². The van der Waals surface area contributed by atoms with Gasteiger partial charge in [-0.15, -0.1) is 0 Å². The molecule has 1 aromatic rings. The number of sulfonamides is 1. The van der Waals surface area contributed by atoms with Crippen LogP contribution in [0.5, 0.6) is 0 Å². The maximum Gasteiger partial charge on any atom is 0.270 e. The number of nitro groups is 1. The van der Waals surface area contributed by atoms with Crippen molar-refractivity contribution in [1.82, 2.24) is 4.72 Å². The largest absolute Gasteiger partial charge is 0.396 e. The minimum atomic E-state index is -3.75. The van der Waals surface area contributed by atoms with Crippen molar-refractivity contribution in [2.45, 2.75) is 31.1 Å². The molecule has 0 amide bonds. The van der Waals surface area contributed by atoms with Crippen LogP contribution in [0.3, 0.4) is 0 Å². The van der Waals surface area contributed by atoms with Crippen molar-refractivity contribution in [3.8, 4) is 0 Å². The van der Waals surface area contributed by atoms with Crippen LogP contribution in [0, 0.1) is 17.0 Å². The summed E-state index contributed by atoms with van der Waals surface area (Å²) in [5, 5.41) is 19.3. The number of nitro benzene ring substituents is 1. The lowest BCUT2D eigenvalue weighted by atomic mass is 10.2. The molecule has 0 heterocycles. The molecular formula is C12H18N2O5S. The summed E-state index contributed by atoms with van der Waals surface area (Å²) in [6, 6.07) is 3.75. The number of non-ortho nitro benzene ring substituents is 1. The van der Waals surface area contributed by atoms with Gasteiger partial charge in [0.1, 0.15) is 0 Å². The highest BCUT2D eigenvalue weighted by molar-refractivity contribution is 7.89. The van der Waals surface area contributed by atoms with Gasteiger partial charge in [-0.2, -0.15) is 0 Å². The summed E-state index contributed by atoms with van der Waals surface area (Å²) < 4.78 is 26.6. The molecule has 0 unspecified atom stereocenters. The second-order valence-corrected chi connectivity index (χ2v) is 6.12. The number of aryl methyl sites for hydroxylation is 1. The van der Waals surface area contributed by atoms with E-state index in [4.69, 9.17) is 5.11 Å². The monoisotopic (exact) mass is 302 g/mol. The molecule has 0 bridgehead atoms. The fourth-order valence-electron chi connectivity index (χ4n) is 1.69. The van der Waals surface area contributed by atoms with Crippen LogP contribution in [0.1, 0.15) is 24.8 Å². The molecule has 0 aromatic heterocycles. The fourth-order valence-corrected chi connectivity index (χ4v) is 3.03. The van der Waals surface area contributed by atoms with Gasteiger partial charge in [0, 0.05) is 25.3 Å². The smallest absolute Gasteiger partial charge is 0.270 e. The third-order valence-corrected chi connectivity index (χ3v) is 4.40. The highest BCUT2D eigenvalue weighted by atomic mass is 32.2. The van der Waals surface area contributed by atoms with Gasteiger partial charge in [-0.05, 0) is 31.7 Å². The molecule has 0 atom stereocenters. The zero-order chi connectivity index (χ0) is 15.2. The fraction of sp³-hybridized carbons (Fsp3) is 0.500. The van der Waals surface area contributed by atoms with Crippen LogP contribution >= 0.6 is 0 Å². The van der Waals surface area contributed by atoms with Crippen molar-refractivity contribution < 1.29 is 18.4 Å². The van der Waals surface area contributed by atoms with Crippen LogP contribution in [-0.2, 0) is 10.0 Å². The number of benzene rings is 1. The Labute approximate surface area is 117 Å². The molecule has 0 spiro atoms. The van der Waals surface area contributed by atoms with Crippen LogP contribution < -0.4 is 4.72 Å². The highest BCUT2D eigenvalue weighted by Crippen LogP contribution is 2.21. The Morgan fingerprint density at radius 2 is 2.00 bits per heavy atom. The Kier molecular flexibility index (Phi) is 6.05. The number of rotatable bonds is 8. The highest BCUT2D eigenvalue weighted by Gasteiger charge is 2.19. The summed E-state index contributed by atoms with van der Waals surface area (Å²) in [6.45, 7) is 1.91. The van der Waals surface area contributed by atoms with E-state index in [9.17, 15) is 18.5 Å². The lowest BCUT2D eigenvalue weighted by molar-refractivity contribution is -0.385. The molecule has 2 N–H and O–H groups in total. The average Bonchev–Trinajstić information content (AvgIpc) is 2.38. The number of aliphatic hydroxyl groups is 1. The van der Waals surface area contributed by atoms with Gasteiger partial charge in [0.25, 0.3) is 5.69 Å². The Morgan fingerprint density at radius 1 is 1.30 bits per heavy atom. The maximum absolute atomic E-state index is 12.1. The van der Waals surface area contributed by atoms with Gasteiger partial charge in [0.2, 0.25) is 10.0 Å². The van der Waals surface area contributed by atoms with Gasteiger partial charge in [0.15, 0.2) is 0 Å². The number of hydrogen-bond donors (Lipinski definition) is 2. The molecule has 1 rings (SSSR count). The van der Waals surface area contributed by atoms with E-state index in [0.717, 1.165) is 6.07 Å². The molecule has 0 aliphatic heterocycles. The normalized spacial score (nSPS) is 11.5. The van der Waals surface area contributed by atoms with Crippen molar-refractivity contribution in [2.75, 3.05) is 13.2 Å². The molecule has 112 valence electrons. The summed E-state index contributed by atoms with van der Waals surface area (Å²) in [6.07, 6.45) is 1.94. The molecule has 0 saturated carbocycles. The molecule has 1 aromatic carbocycles. The standard InChI is InChI=1S/C12H18N2O5S/c1-10-5-6-11(14(16)17)9-12(10)20(18,19)13-7-3-2-4-8-15/h5-6,9,13,15H,2-4,7-8H2,1H3. The summed E-state index contributed by atoms with van der Waals surface area (Å²) in [4.78, 5) is 9.99. The first-order chi connectivity index (χ1) is 9.38. The zero-order valence-corrected chi connectivity index (χ0v) is 12.0. The maximum atomic E-state index is 12.1. The van der Waals surface area contributed by atoms with E-state index in [1.165, 1.54) is 12.1 Å². The van der Waals surface area contributed by atoms with Gasteiger partial charge in [-0.25, -0.2) is 13.1 Å². The first-order valence-corrected chi connectivity index (χ1v) is 7.72. The molecule has 20 heavy (non-hydrogen) atoms. The second-order valence-electron chi connectivity index (χ2n) is 4.39. The molecule has 0 saturated heterocycles. The molecule has 0 radical (unpaired) electrons. The first-order valence-electron chi connectivity index (χ1n) is 6.24. The number of unbranched alkanes of at least 4 members (excludes halogenated alkanes) is 2. The Morgan fingerprint density at radius 3 is 2.60 bits per heavy atom. The minimum absolute atomic E-state index is 0.0751. The summed E-state index contributed by atoms with van der Waals surface area (Å²) in [5.41, 5.74) is 0.203. The van der Waals surface area contributed by atoms with Crippen LogP contribution in [0.2, 0.25) is 0 Å². The Hall–Kier alpha value is -1.51. The quantitative estimate of drug-likeness (QED) is 0.428. The number of nitrogens with zero attached hydrogens (tertiary/aromatic N) is 1. The van der Waals surface area contributed by atoms with Gasteiger partial charge in [-0.1, -0.05) is 6.07 Å². The number of nitrogens with one attached hydrogen (secondary N) is 1. The molecule has 0 fully saturated rings. The Bertz CT molecular complexity index is 571. The van der Waals surface area contributed by atoms with E-state index >= 15 is 0 Å². The first kappa shape index (κ1) is 16.5. The predicted octanol–water partition coefficient (Wildman–Crippen LogP) is 1.34. The van der Waals surface area contributed by atoms with E-state index in [2.05, 4.69) is 4.72 Å². The lowest BCUT2D eigenvalue weighted by Crippen LogP contribution is -2.25. The van der Waals surface area contributed by atoms with Crippen LogP contribution in [0.15, 0.2) is 23.1 Å². The van der Waals surface area contributed by atoms with Crippen molar-refractivity contribution in [1.29, 1.82) is 0 Å². The van der Waals surface area contributed by atoms with E-state index in [1.807, 2.05) is 0 Å². The third kappa shape index (κ3) is 4.55. The van der Waals surface area contributed by atoms with Gasteiger partial charge in [-0.3, -0.25) is 10.1 Å². The molecule has 8 heteroatoms.